The third-order valence-electron chi connectivity index (χ3n) is 3.49. The van der Waals surface area contributed by atoms with Crippen molar-refractivity contribution in [2.24, 2.45) is 0 Å². The van der Waals surface area contributed by atoms with E-state index < -0.39 is 66.0 Å². The molecule has 0 bridgehead atoms. The summed E-state index contributed by atoms with van der Waals surface area (Å²) in [7, 11) is -5.01. The molecule has 0 aliphatic rings. The van der Waals surface area contributed by atoms with Gasteiger partial charge in [-0.05, 0) is 12.1 Å². The minimum absolute atomic E-state index is 0.0606. The molecule has 0 heterocycles. The summed E-state index contributed by atoms with van der Waals surface area (Å²) in [5.41, 5.74) is 4.44. The van der Waals surface area contributed by atoms with E-state index in [0.29, 0.717) is 12.1 Å². The zero-order chi connectivity index (χ0) is 20.9. The van der Waals surface area contributed by atoms with Crippen molar-refractivity contribution >= 4 is 21.2 Å². The molecule has 0 spiro atoms. The van der Waals surface area contributed by atoms with Crippen molar-refractivity contribution in [3.8, 4) is 11.5 Å². The lowest BCUT2D eigenvalue weighted by molar-refractivity contribution is -0.137. The molecule has 13 heteroatoms. The molecule has 0 amide bonds. The normalized spacial score (nSPS) is 13.0. The average Bonchev–Trinajstić information content (AvgIpc) is 2.49. The van der Waals surface area contributed by atoms with Crippen LogP contribution in [-0.2, 0) is 22.2 Å². The second-order valence-corrected chi connectivity index (χ2v) is 7.26. The highest BCUT2D eigenvalue weighted by molar-refractivity contribution is 7.91. The molecule has 27 heavy (non-hydrogen) atoms. The summed E-state index contributed by atoms with van der Waals surface area (Å²) in [6, 6.07) is 0.817. The Kier molecular flexibility index (Phi) is 4.64. The van der Waals surface area contributed by atoms with Crippen LogP contribution < -0.4 is 11.5 Å². The van der Waals surface area contributed by atoms with E-state index in [1.54, 1.807) is 0 Å². The van der Waals surface area contributed by atoms with Crippen LogP contribution in [0.15, 0.2) is 34.1 Å². The first-order chi connectivity index (χ1) is 12.1. The highest BCUT2D eigenvalue weighted by Crippen LogP contribution is 2.43. The summed E-state index contributed by atoms with van der Waals surface area (Å²) in [4.78, 5) is -2.36. The van der Waals surface area contributed by atoms with Crippen LogP contribution in [0.3, 0.4) is 0 Å². The van der Waals surface area contributed by atoms with Gasteiger partial charge in [-0.3, -0.25) is 0 Å². The summed E-state index contributed by atoms with van der Waals surface area (Å²) in [5.74, 6) is -2.47. The van der Waals surface area contributed by atoms with Crippen LogP contribution in [0.1, 0.15) is 11.1 Å². The van der Waals surface area contributed by atoms with Gasteiger partial charge in [0.2, 0.25) is 9.84 Å². The van der Waals surface area contributed by atoms with Crippen molar-refractivity contribution in [1.82, 2.24) is 0 Å². The molecule has 2 aromatic rings. The number of benzene rings is 2. The van der Waals surface area contributed by atoms with E-state index >= 15 is 0 Å². The Morgan fingerprint density at radius 2 is 1.00 bits per heavy atom. The van der Waals surface area contributed by atoms with Gasteiger partial charge in [0, 0.05) is 12.1 Å². The first-order valence-corrected chi connectivity index (χ1v) is 8.19. The van der Waals surface area contributed by atoms with Gasteiger partial charge in [0.25, 0.3) is 0 Å². The smallest absolute Gasteiger partial charge is 0.418 e. The first-order valence-electron chi connectivity index (χ1n) is 6.71. The Morgan fingerprint density at radius 3 is 1.26 bits per heavy atom. The fourth-order valence-electron chi connectivity index (χ4n) is 2.14. The van der Waals surface area contributed by atoms with Crippen LogP contribution in [0.25, 0.3) is 0 Å². The van der Waals surface area contributed by atoms with Gasteiger partial charge in [0.05, 0.1) is 32.3 Å². The molecule has 0 saturated heterocycles. The molecule has 148 valence electrons. The Balaban J connectivity index is 2.78. The third kappa shape index (κ3) is 3.67. The maximum atomic E-state index is 12.9. The number of sulfone groups is 1. The lowest BCUT2D eigenvalue weighted by Crippen LogP contribution is -2.13. The lowest BCUT2D eigenvalue weighted by Gasteiger charge is -2.16. The maximum Gasteiger partial charge on any atom is 0.418 e. The molecule has 0 saturated carbocycles. The molecule has 6 N–H and O–H groups in total. The number of halogens is 6. The molecule has 0 atom stereocenters. The van der Waals surface area contributed by atoms with Crippen LogP contribution >= 0.6 is 0 Å². The van der Waals surface area contributed by atoms with E-state index in [1.165, 1.54) is 0 Å². The number of hydrogen-bond acceptors (Lipinski definition) is 6. The van der Waals surface area contributed by atoms with E-state index in [9.17, 15) is 45.0 Å². The van der Waals surface area contributed by atoms with Gasteiger partial charge in [-0.15, -0.1) is 0 Å². The first kappa shape index (κ1) is 20.5. The van der Waals surface area contributed by atoms with Crippen LogP contribution in [0.4, 0.5) is 37.7 Å². The van der Waals surface area contributed by atoms with Gasteiger partial charge < -0.3 is 21.7 Å². The fraction of sp³-hybridized carbons (Fsp3) is 0.143. The predicted octanol–water partition coefficient (Wildman–Crippen LogP) is 3.13. The molecule has 0 unspecified atom stereocenters. The molecule has 2 aromatic carbocycles. The molecular weight excluding hydrogens is 406 g/mol. The molecular formula is C14H10F6N2O4S. The van der Waals surface area contributed by atoms with Crippen LogP contribution in [0.5, 0.6) is 11.5 Å². The second-order valence-electron chi connectivity index (χ2n) is 5.31. The Labute approximate surface area is 147 Å². The van der Waals surface area contributed by atoms with E-state index in [2.05, 4.69) is 0 Å². The van der Waals surface area contributed by atoms with Gasteiger partial charge in [-0.25, -0.2) is 8.42 Å². The van der Waals surface area contributed by atoms with E-state index in [1.807, 2.05) is 0 Å². The molecule has 0 aliphatic carbocycles. The molecule has 0 fully saturated rings. The van der Waals surface area contributed by atoms with Gasteiger partial charge in [-0.2, -0.15) is 26.3 Å². The maximum absolute atomic E-state index is 12.9. The van der Waals surface area contributed by atoms with Crippen molar-refractivity contribution in [3.05, 3.63) is 35.4 Å². The summed E-state index contributed by atoms with van der Waals surface area (Å²) in [6.45, 7) is 0. The van der Waals surface area contributed by atoms with Crippen LogP contribution in [0.2, 0.25) is 0 Å². The zero-order valence-electron chi connectivity index (χ0n) is 12.9. The number of alkyl halides is 6. The van der Waals surface area contributed by atoms with Crippen LogP contribution in [0, 0.1) is 0 Å². The van der Waals surface area contributed by atoms with Gasteiger partial charge >= 0.3 is 12.4 Å². The quantitative estimate of drug-likeness (QED) is 0.339. The van der Waals surface area contributed by atoms with E-state index in [-0.39, 0.29) is 12.1 Å². The summed E-state index contributed by atoms with van der Waals surface area (Å²) in [6.07, 6.45) is -10.3. The zero-order valence-corrected chi connectivity index (χ0v) is 13.7. The monoisotopic (exact) mass is 416 g/mol. The summed E-state index contributed by atoms with van der Waals surface area (Å²) < 4.78 is 103. The van der Waals surface area contributed by atoms with Crippen molar-refractivity contribution in [1.29, 1.82) is 0 Å². The van der Waals surface area contributed by atoms with Crippen molar-refractivity contribution < 1.29 is 45.0 Å². The number of phenols is 2. The highest BCUT2D eigenvalue weighted by Gasteiger charge is 2.38. The van der Waals surface area contributed by atoms with Gasteiger partial charge in [-0.1, -0.05) is 0 Å². The molecule has 0 aliphatic heterocycles. The Hall–Kier alpha value is -2.83. The Bertz CT molecular complexity index is 940. The molecule has 6 nitrogen and oxygen atoms in total. The predicted molar refractivity (Wildman–Crippen MR) is 80.5 cm³/mol. The topological polar surface area (TPSA) is 127 Å². The number of phenolic OH excluding ortho intramolecular Hbond substituents is 2. The van der Waals surface area contributed by atoms with E-state index in [0.717, 1.165) is 0 Å². The van der Waals surface area contributed by atoms with Crippen LogP contribution in [-0.4, -0.2) is 18.6 Å². The number of nitrogen functional groups attached to an aromatic ring is 2. The number of aromatic hydroxyl groups is 2. The number of nitrogens with two attached hydrogens (primary N) is 2. The summed E-state index contributed by atoms with van der Waals surface area (Å²) >= 11 is 0. The summed E-state index contributed by atoms with van der Waals surface area (Å²) in [5, 5.41) is 19.0. The number of anilines is 2. The van der Waals surface area contributed by atoms with Crippen molar-refractivity contribution in [2.75, 3.05) is 11.5 Å². The largest absolute Gasteiger partial charge is 0.506 e. The number of hydrogen-bond donors (Lipinski definition) is 4. The second kappa shape index (κ2) is 6.11. The minimum atomic E-state index is -5.15. The fourth-order valence-corrected chi connectivity index (χ4v) is 3.49. The molecule has 0 aromatic heterocycles. The Morgan fingerprint density at radius 1 is 0.704 bits per heavy atom. The highest BCUT2D eigenvalue weighted by atomic mass is 32.2. The van der Waals surface area contributed by atoms with Gasteiger partial charge in [0.15, 0.2) is 0 Å². The number of rotatable bonds is 2. The van der Waals surface area contributed by atoms with Gasteiger partial charge in [0.1, 0.15) is 11.5 Å². The van der Waals surface area contributed by atoms with Crippen molar-refractivity contribution in [3.63, 3.8) is 0 Å². The lowest BCUT2D eigenvalue weighted by atomic mass is 10.1. The van der Waals surface area contributed by atoms with Crippen molar-refractivity contribution in [2.45, 2.75) is 22.1 Å². The standard InChI is InChI=1S/C14H10F6N2O4S/c15-13(16,17)7-1-5(3-9(23)11(7)21)27(25,26)6-2-8(14(18,19)20)12(22)10(24)4-6/h1-4,23-24H,21-22H2. The van der Waals surface area contributed by atoms with E-state index in [4.69, 9.17) is 11.5 Å². The molecule has 0 radical (unpaired) electrons. The molecule has 2 rings (SSSR count). The average molecular weight is 416 g/mol. The SMILES string of the molecule is Nc1c(O)cc(S(=O)(=O)c2cc(O)c(N)c(C(F)(F)F)c2)cc1C(F)(F)F. The minimum Gasteiger partial charge on any atom is -0.506 e. The third-order valence-corrected chi connectivity index (χ3v) is 5.21.